The van der Waals surface area contributed by atoms with Crippen LogP contribution in [0.2, 0.25) is 0 Å². The Morgan fingerprint density at radius 3 is 2.34 bits per heavy atom. The van der Waals surface area contributed by atoms with Crippen LogP contribution in [0, 0.1) is 0 Å². The molecule has 0 bridgehead atoms. The van der Waals surface area contributed by atoms with E-state index in [1.54, 1.807) is 4.90 Å². The molecule has 0 saturated carbocycles. The van der Waals surface area contributed by atoms with Gasteiger partial charge in [0.2, 0.25) is 5.69 Å². The molecule has 0 saturated heterocycles. The monoisotopic (exact) mass is 825 g/mol. The molecule has 3 aromatic rings. The fourth-order valence-electron chi connectivity index (χ4n) is 8.45. The fourth-order valence-corrected chi connectivity index (χ4v) is 9.44. The zero-order valence-electron chi connectivity index (χ0n) is 33.9. The lowest BCUT2D eigenvalue weighted by atomic mass is 9.81. The van der Waals surface area contributed by atoms with Crippen LogP contribution >= 0.6 is 12.0 Å². The first-order valence-corrected chi connectivity index (χ1v) is 22.3. The third kappa shape index (κ3) is 9.68. The molecule has 2 heterocycles. The maximum absolute atomic E-state index is 13.9. The lowest BCUT2D eigenvalue weighted by molar-refractivity contribution is -0.777. The highest BCUT2D eigenvalue weighted by Gasteiger charge is 2.44. The number of hydrogen-bond acceptors (Lipinski definition) is 9. The third-order valence-corrected chi connectivity index (χ3v) is 12.8. The number of fused-ring (bicyclic) bond motifs is 2. The Bertz CT molecular complexity index is 2240. The van der Waals surface area contributed by atoms with Crippen molar-refractivity contribution in [2.24, 2.45) is 0 Å². The predicted molar refractivity (Wildman–Crippen MR) is 229 cm³/mol. The number of likely N-dealkylation sites (N-methyl/N-ethyl adjacent to an activating group) is 1. The number of nitrogens with one attached hydrogen (secondary N) is 1. The molecule has 11 nitrogen and oxygen atoms in total. The van der Waals surface area contributed by atoms with Gasteiger partial charge in [0.15, 0.2) is 5.71 Å². The number of carbonyl (C=O) groups is 1. The second-order valence-electron chi connectivity index (χ2n) is 15.9. The van der Waals surface area contributed by atoms with Crippen LogP contribution in [0.5, 0.6) is 0 Å². The summed E-state index contributed by atoms with van der Waals surface area (Å²) in [7, 11) is -2.48. The minimum atomic E-state index is -4.29. The second kappa shape index (κ2) is 18.6. The van der Waals surface area contributed by atoms with E-state index in [0.717, 1.165) is 78.2 Å². The number of rotatable bonds is 17. The van der Waals surface area contributed by atoms with Crippen LogP contribution in [-0.4, -0.2) is 65.8 Å². The third-order valence-electron chi connectivity index (χ3n) is 11.4. The summed E-state index contributed by atoms with van der Waals surface area (Å²) in [5.74, 6) is 0.253. The Hall–Kier alpha value is -4.50. The molecule has 0 spiro atoms. The maximum atomic E-state index is 13.9. The minimum absolute atomic E-state index is 0.247. The van der Waals surface area contributed by atoms with Gasteiger partial charge < -0.3 is 20.0 Å². The van der Waals surface area contributed by atoms with Crippen molar-refractivity contribution in [1.82, 2.24) is 4.90 Å². The van der Waals surface area contributed by atoms with Gasteiger partial charge in [-0.1, -0.05) is 80.6 Å². The molecule has 1 aliphatic carbocycles. The SMILES string of the molecule is CN(C(=O)Nc1ccccc1)C1=C(/C=C/C2=[N+](CCCCS(=O)(=O)[O-])c3ccccc3C2(C)C)CC/C1=C\C=C1\N(CCCCSOO[O-])c2ccccc2C1(C)C. The molecule has 3 aromatic carbocycles. The number of hydrogen-bond donors (Lipinski definition) is 1. The number of allylic oxidation sites excluding steroid dienone is 7. The second-order valence-corrected chi connectivity index (χ2v) is 18.2. The van der Waals surface area contributed by atoms with Crippen molar-refractivity contribution in [3.8, 4) is 0 Å². The molecule has 6 rings (SSSR count). The lowest BCUT2D eigenvalue weighted by Crippen LogP contribution is -2.31. The Labute approximate surface area is 347 Å². The molecule has 2 amide bonds. The molecule has 0 radical (unpaired) electrons. The van der Waals surface area contributed by atoms with Crippen molar-refractivity contribution in [1.29, 1.82) is 0 Å². The number of carbonyl (C=O) groups excluding carboxylic acids is 1. The summed E-state index contributed by atoms with van der Waals surface area (Å²) in [5, 5.41) is 16.8. The standard InChI is InChI=1S/C45H54N4O7S2/c1-44(2)36-19-9-11-21-38(36)48(29-13-15-31-57-56-55-51)40(44)27-25-33-23-24-34(42(33)47(5)43(50)46-35-17-7-6-8-18-35)26-28-41-45(3,4)37-20-10-12-22-39(37)49(41)30-14-16-32-58(52,53)54/h6-12,17-22,25-28H,13-16,23-24,29-32H2,1-5H3,(H2-,46,50,51,52,53,54)/p-1. The van der Waals surface area contributed by atoms with Gasteiger partial charge in [-0.25, -0.2) is 13.2 Å². The number of nitrogens with zero attached hydrogens (tertiary/aromatic N) is 3. The van der Waals surface area contributed by atoms with Crippen LogP contribution in [0.15, 0.2) is 126 Å². The Balaban J connectivity index is 1.38. The molecule has 0 atom stereocenters. The molecule has 2 aliphatic heterocycles. The number of benzene rings is 3. The van der Waals surface area contributed by atoms with E-state index in [0.29, 0.717) is 24.4 Å². The van der Waals surface area contributed by atoms with Crippen molar-refractivity contribution >= 4 is 51.0 Å². The van der Waals surface area contributed by atoms with Gasteiger partial charge >= 0.3 is 6.03 Å². The maximum Gasteiger partial charge on any atom is 0.326 e. The summed E-state index contributed by atoms with van der Waals surface area (Å²) in [6.45, 7) is 10.2. The van der Waals surface area contributed by atoms with Gasteiger partial charge in [0.25, 0.3) is 0 Å². The van der Waals surface area contributed by atoms with Crippen molar-refractivity contribution in [2.45, 2.75) is 77.0 Å². The molecule has 3 aliphatic rings. The average molecular weight is 826 g/mol. The predicted octanol–water partition coefficient (Wildman–Crippen LogP) is 8.42. The van der Waals surface area contributed by atoms with Crippen LogP contribution in [-0.2, 0) is 30.3 Å². The number of amides is 2. The number of para-hydroxylation sites is 3. The first-order chi connectivity index (χ1) is 27.7. The van der Waals surface area contributed by atoms with Crippen molar-refractivity contribution in [3.05, 3.63) is 137 Å². The molecule has 13 heteroatoms. The van der Waals surface area contributed by atoms with Gasteiger partial charge in [-0.05, 0) is 86.9 Å². The molecular weight excluding hydrogens is 773 g/mol. The molecule has 0 unspecified atom stereocenters. The Morgan fingerprint density at radius 2 is 1.60 bits per heavy atom. The fraction of sp³-hybridized carbons (Fsp3) is 0.378. The summed E-state index contributed by atoms with van der Waals surface area (Å²) in [4.78, 5) is 18.0. The molecular formula is C45H53N4O7S2-. The van der Waals surface area contributed by atoms with E-state index >= 15 is 0 Å². The molecule has 0 aromatic heterocycles. The van der Waals surface area contributed by atoms with Crippen LogP contribution in [0.3, 0.4) is 0 Å². The summed E-state index contributed by atoms with van der Waals surface area (Å²) in [6, 6.07) is 25.9. The van der Waals surface area contributed by atoms with E-state index in [9.17, 15) is 23.0 Å². The van der Waals surface area contributed by atoms with Gasteiger partial charge in [0, 0.05) is 83.8 Å². The molecule has 0 fully saturated rings. The summed E-state index contributed by atoms with van der Waals surface area (Å²) < 4.78 is 40.8. The number of unbranched alkanes of at least 4 members (excludes halogenated alkanes) is 2. The van der Waals surface area contributed by atoms with Crippen molar-refractivity contribution in [3.63, 3.8) is 0 Å². The highest BCUT2D eigenvalue weighted by molar-refractivity contribution is 7.94. The van der Waals surface area contributed by atoms with E-state index in [2.05, 4.69) is 113 Å². The van der Waals surface area contributed by atoms with Crippen LogP contribution in [0.4, 0.5) is 21.9 Å². The average Bonchev–Trinajstić information content (AvgIpc) is 3.77. The number of anilines is 2. The molecule has 58 heavy (non-hydrogen) atoms. The largest absolute Gasteiger partial charge is 0.748 e. The Morgan fingerprint density at radius 1 is 0.897 bits per heavy atom. The van der Waals surface area contributed by atoms with Crippen LogP contribution in [0.25, 0.3) is 0 Å². The van der Waals surface area contributed by atoms with E-state index in [1.165, 1.54) is 16.8 Å². The summed E-state index contributed by atoms with van der Waals surface area (Å²) in [5.41, 5.74) is 9.89. The van der Waals surface area contributed by atoms with E-state index in [-0.39, 0.29) is 29.0 Å². The summed E-state index contributed by atoms with van der Waals surface area (Å²) >= 11 is 1.01. The highest BCUT2D eigenvalue weighted by atomic mass is 32.2. The van der Waals surface area contributed by atoms with Gasteiger partial charge in [0.1, 0.15) is 6.54 Å². The summed E-state index contributed by atoms with van der Waals surface area (Å²) in [6.07, 6.45) is 12.7. The zero-order valence-corrected chi connectivity index (χ0v) is 35.5. The van der Waals surface area contributed by atoms with E-state index in [4.69, 9.17) is 0 Å². The topological polar surface area (TPSA) is 137 Å². The van der Waals surface area contributed by atoms with Crippen molar-refractivity contribution < 1.29 is 37.0 Å². The van der Waals surface area contributed by atoms with E-state index < -0.39 is 10.1 Å². The van der Waals surface area contributed by atoms with Gasteiger partial charge in [0.05, 0.1) is 21.2 Å². The molecule has 308 valence electrons. The van der Waals surface area contributed by atoms with Gasteiger partial charge in [-0.3, -0.25) is 9.94 Å². The minimum Gasteiger partial charge on any atom is -0.748 e. The highest BCUT2D eigenvalue weighted by Crippen LogP contribution is 2.48. The van der Waals surface area contributed by atoms with Crippen LogP contribution in [0.1, 0.15) is 77.3 Å². The quantitative estimate of drug-likeness (QED) is 0.0355. The zero-order chi connectivity index (χ0) is 41.5. The van der Waals surface area contributed by atoms with Gasteiger partial charge in [-0.15, -0.1) is 0 Å². The lowest BCUT2D eigenvalue weighted by Gasteiger charge is -2.27. The molecule has 1 N–H and O–H groups in total. The van der Waals surface area contributed by atoms with Crippen LogP contribution < -0.4 is 15.5 Å². The first-order valence-electron chi connectivity index (χ1n) is 19.8. The number of urea groups is 1. The first kappa shape index (κ1) is 43.1. The normalized spacial score (nSPS) is 18.5. The smallest absolute Gasteiger partial charge is 0.326 e. The van der Waals surface area contributed by atoms with Gasteiger partial charge in [-0.2, -0.15) is 8.91 Å². The Kier molecular flexibility index (Phi) is 13.8. The van der Waals surface area contributed by atoms with E-state index in [1.807, 2.05) is 49.5 Å². The van der Waals surface area contributed by atoms with Crippen molar-refractivity contribution in [2.75, 3.05) is 41.9 Å².